The molecule has 1 atom stereocenters. The molecule has 0 spiro atoms. The number of thioether (sulfide) groups is 1. The molecule has 4 heterocycles. The van der Waals surface area contributed by atoms with E-state index in [9.17, 15) is 18.8 Å². The third-order valence-electron chi connectivity index (χ3n) is 7.17. The highest BCUT2D eigenvalue weighted by atomic mass is 35.5. The van der Waals surface area contributed by atoms with Gasteiger partial charge in [0, 0.05) is 72.9 Å². The van der Waals surface area contributed by atoms with Gasteiger partial charge in [0.25, 0.3) is 12.4 Å². The van der Waals surface area contributed by atoms with E-state index < -0.39 is 17.5 Å². The average molecular weight is 649 g/mol. The zero-order valence-corrected chi connectivity index (χ0v) is 26.4. The van der Waals surface area contributed by atoms with E-state index in [1.54, 1.807) is 25.1 Å². The first kappa shape index (κ1) is 33.8. The summed E-state index contributed by atoms with van der Waals surface area (Å²) >= 11 is 8.19. The molecule has 3 aliphatic rings. The van der Waals surface area contributed by atoms with Gasteiger partial charge in [-0.25, -0.2) is 9.18 Å². The highest BCUT2D eigenvalue weighted by molar-refractivity contribution is 8.06. The third-order valence-corrected chi connectivity index (χ3v) is 7.89. The minimum absolute atomic E-state index is 0.0527. The molecule has 6 rings (SSSR count). The van der Waals surface area contributed by atoms with Gasteiger partial charge < -0.3 is 23.5 Å². The predicted molar refractivity (Wildman–Crippen MR) is 170 cm³/mol. The smallest absolute Gasteiger partial charge is 0.336 e. The van der Waals surface area contributed by atoms with Crippen molar-refractivity contribution >= 4 is 46.7 Å². The zero-order valence-electron chi connectivity index (χ0n) is 24.8. The van der Waals surface area contributed by atoms with E-state index in [0.29, 0.717) is 40.9 Å². The molecule has 3 aromatic rings. The minimum atomic E-state index is -0.651. The maximum Gasteiger partial charge on any atom is 0.336 e. The molecule has 2 aromatic carbocycles. The summed E-state index contributed by atoms with van der Waals surface area (Å²) in [6.45, 7) is 8.49. The summed E-state index contributed by atoms with van der Waals surface area (Å²) in [6.07, 6.45) is 2.51. The van der Waals surface area contributed by atoms with Gasteiger partial charge in [-0.3, -0.25) is 14.5 Å². The summed E-state index contributed by atoms with van der Waals surface area (Å²) in [6, 6.07) is 10.4. The molecule has 0 radical (unpaired) electrons. The van der Waals surface area contributed by atoms with Gasteiger partial charge in [-0.15, -0.1) is 0 Å². The number of ether oxygens (including phenoxy) is 3. The molecule has 0 aliphatic carbocycles. The molecule has 3 saturated heterocycles. The van der Waals surface area contributed by atoms with Crippen molar-refractivity contribution in [2.24, 2.45) is 0 Å². The predicted octanol–water partition coefficient (Wildman–Crippen LogP) is 5.26. The molecule has 44 heavy (non-hydrogen) atoms. The number of likely N-dealkylation sites (tertiary alicyclic amines) is 1. The number of halogens is 2. The van der Waals surface area contributed by atoms with Crippen LogP contribution in [0.5, 0.6) is 5.75 Å². The van der Waals surface area contributed by atoms with E-state index >= 15 is 0 Å². The van der Waals surface area contributed by atoms with Crippen LogP contribution in [0, 0.1) is 5.82 Å². The van der Waals surface area contributed by atoms with Gasteiger partial charge in [0.15, 0.2) is 6.10 Å². The Hall–Kier alpha value is -3.12. The maximum atomic E-state index is 13.4. The lowest BCUT2D eigenvalue weighted by Crippen LogP contribution is -2.43. The first-order valence-corrected chi connectivity index (χ1v) is 16.3. The Bertz CT molecular complexity index is 1440. The summed E-state index contributed by atoms with van der Waals surface area (Å²) in [5.41, 5.74) is 0.800. The fraction of sp³-hybridized carbons (Fsp3) is 0.469. The second-order valence-electron chi connectivity index (χ2n) is 10.4. The monoisotopic (exact) mass is 648 g/mol. The van der Waals surface area contributed by atoms with Crippen molar-refractivity contribution in [3.8, 4) is 16.9 Å². The molecule has 12 heteroatoms. The van der Waals surface area contributed by atoms with Crippen LogP contribution in [0.25, 0.3) is 22.1 Å². The van der Waals surface area contributed by atoms with E-state index in [4.69, 9.17) is 25.5 Å². The van der Waals surface area contributed by atoms with Crippen LogP contribution in [-0.2, 0) is 19.1 Å². The fourth-order valence-corrected chi connectivity index (χ4v) is 5.10. The van der Waals surface area contributed by atoms with E-state index in [1.807, 2.05) is 16.7 Å². The Kier molecular flexibility index (Phi) is 13.3. The van der Waals surface area contributed by atoms with Gasteiger partial charge in [0.05, 0.1) is 18.2 Å². The lowest BCUT2D eigenvalue weighted by atomic mass is 10.0. The minimum Gasteiger partial charge on any atom is -0.481 e. The van der Waals surface area contributed by atoms with Gasteiger partial charge in [-0.2, -0.15) is 11.8 Å². The maximum absolute atomic E-state index is 13.4. The Morgan fingerprint density at radius 2 is 1.77 bits per heavy atom. The topological polar surface area (TPSA) is 98.5 Å². The number of nitrogens with zero attached hydrogens (tertiary/aromatic N) is 2. The lowest BCUT2D eigenvalue weighted by molar-refractivity contribution is -0.138. The third kappa shape index (κ3) is 10.5. The number of piperidine rings is 1. The van der Waals surface area contributed by atoms with Crippen LogP contribution < -0.4 is 10.4 Å². The highest BCUT2D eigenvalue weighted by Crippen LogP contribution is 2.34. The average Bonchev–Trinajstić information content (AvgIpc) is 3.92. The lowest BCUT2D eigenvalue weighted by Gasteiger charge is -2.29. The van der Waals surface area contributed by atoms with Crippen LogP contribution in [0.1, 0.15) is 26.2 Å². The molecule has 1 amide bonds. The van der Waals surface area contributed by atoms with Crippen molar-refractivity contribution in [2.45, 2.75) is 32.3 Å². The summed E-state index contributed by atoms with van der Waals surface area (Å²) < 4.78 is 34.3. The standard InChI is InChI=1S/C23H21ClFNO4.C7H13NO3.C2H4S/c1-14(23(28)26-9-3-2-4-10-26)29-16-6-8-18-19(13-22(27)30-21(18)12-16)17-7-5-15(25)11-20(17)24;9-7-11-6-3-8-1-4-10-5-2-8;1-2-3-1/h5-8,11-14H,2-4,9-10H2,1H3;7H,1-6H2;1-2H2. The van der Waals surface area contributed by atoms with Crippen LogP contribution in [0.4, 0.5) is 4.39 Å². The molecule has 3 fully saturated rings. The molecule has 0 bridgehead atoms. The number of carbonyl (C=O) groups is 2. The molecule has 1 unspecified atom stereocenters. The van der Waals surface area contributed by atoms with Gasteiger partial charge in [-0.05, 0) is 56.5 Å². The van der Waals surface area contributed by atoms with Gasteiger partial charge >= 0.3 is 5.63 Å². The Morgan fingerprint density at radius 3 is 2.43 bits per heavy atom. The van der Waals surface area contributed by atoms with Crippen molar-refractivity contribution < 1.29 is 32.6 Å². The summed E-state index contributed by atoms with van der Waals surface area (Å²) in [5, 5.41) is 0.827. The summed E-state index contributed by atoms with van der Waals surface area (Å²) in [5.74, 6) is 2.74. The van der Waals surface area contributed by atoms with Crippen LogP contribution >= 0.6 is 23.4 Å². The number of hydrogen-bond acceptors (Lipinski definition) is 9. The van der Waals surface area contributed by atoms with Crippen LogP contribution in [0.2, 0.25) is 5.02 Å². The Balaban J connectivity index is 0.000000260. The Labute approximate surface area is 265 Å². The molecular formula is C32H38ClFN2O7S. The number of morpholine rings is 1. The normalized spacial score (nSPS) is 16.9. The van der Waals surface area contributed by atoms with Crippen molar-refractivity contribution in [2.75, 3.05) is 64.1 Å². The van der Waals surface area contributed by atoms with Gasteiger partial charge in [0.1, 0.15) is 23.8 Å². The number of amides is 1. The molecule has 0 N–H and O–H groups in total. The molecule has 1 aromatic heterocycles. The Morgan fingerprint density at radius 1 is 1.05 bits per heavy atom. The molecule has 238 valence electrons. The summed E-state index contributed by atoms with van der Waals surface area (Å²) in [4.78, 5) is 38.5. The number of fused-ring (bicyclic) bond motifs is 1. The van der Waals surface area contributed by atoms with Crippen LogP contribution in [-0.4, -0.2) is 92.3 Å². The SMILES string of the molecule is C1CS1.CC(Oc1ccc2c(-c3ccc(F)cc3Cl)cc(=O)oc2c1)C(=O)N1CCCCC1.O=COCCN1CCOCC1. The number of carbonyl (C=O) groups excluding carboxylic acids is 2. The fourth-order valence-electron chi connectivity index (χ4n) is 4.83. The van der Waals surface area contributed by atoms with Gasteiger partial charge in [0.2, 0.25) is 0 Å². The number of rotatable bonds is 8. The zero-order chi connectivity index (χ0) is 31.3. The van der Waals surface area contributed by atoms with E-state index in [0.717, 1.165) is 65.2 Å². The first-order valence-electron chi connectivity index (χ1n) is 14.8. The molecule has 9 nitrogen and oxygen atoms in total. The van der Waals surface area contributed by atoms with E-state index in [2.05, 4.69) is 9.64 Å². The first-order chi connectivity index (χ1) is 21.4. The van der Waals surface area contributed by atoms with Crippen molar-refractivity contribution in [3.05, 3.63) is 63.7 Å². The van der Waals surface area contributed by atoms with Crippen molar-refractivity contribution in [1.29, 1.82) is 0 Å². The van der Waals surface area contributed by atoms with Gasteiger partial charge in [-0.1, -0.05) is 11.6 Å². The van der Waals surface area contributed by atoms with E-state index in [1.165, 1.54) is 35.8 Å². The molecular weight excluding hydrogens is 611 g/mol. The number of hydrogen-bond donors (Lipinski definition) is 0. The highest BCUT2D eigenvalue weighted by Gasteiger charge is 2.24. The largest absolute Gasteiger partial charge is 0.481 e. The molecule has 3 aliphatic heterocycles. The van der Waals surface area contributed by atoms with Crippen molar-refractivity contribution in [3.63, 3.8) is 0 Å². The van der Waals surface area contributed by atoms with E-state index in [-0.39, 0.29) is 10.9 Å². The van der Waals surface area contributed by atoms with Crippen molar-refractivity contribution in [1.82, 2.24) is 9.80 Å². The number of benzene rings is 2. The van der Waals surface area contributed by atoms with Crippen LogP contribution in [0.15, 0.2) is 51.7 Å². The van der Waals surface area contributed by atoms with Crippen LogP contribution in [0.3, 0.4) is 0 Å². The quantitative estimate of drug-likeness (QED) is 0.140. The second kappa shape index (κ2) is 17.4. The second-order valence-corrected chi connectivity index (χ2v) is 12.1. The summed E-state index contributed by atoms with van der Waals surface area (Å²) in [7, 11) is 0. The molecule has 0 saturated carbocycles.